The minimum atomic E-state index is -0.872. The Balaban J connectivity index is 2.08. The molecule has 2 unspecified atom stereocenters. The van der Waals surface area contributed by atoms with Crippen LogP contribution in [-0.4, -0.2) is 60.8 Å². The summed E-state index contributed by atoms with van der Waals surface area (Å²) in [5, 5.41) is 12.5. The molecule has 3 atom stereocenters. The average Bonchev–Trinajstić information content (AvgIpc) is 2.94. The summed E-state index contributed by atoms with van der Waals surface area (Å²) < 4.78 is 5.31. The van der Waals surface area contributed by atoms with Crippen molar-refractivity contribution in [1.82, 2.24) is 10.2 Å². The molecule has 20 heavy (non-hydrogen) atoms. The zero-order chi connectivity index (χ0) is 14.5. The Morgan fingerprint density at radius 3 is 2.80 bits per heavy atom. The Morgan fingerprint density at radius 1 is 1.40 bits per heavy atom. The lowest BCUT2D eigenvalue weighted by atomic mass is 9.95. The van der Waals surface area contributed by atoms with Crippen LogP contribution < -0.4 is 5.32 Å². The van der Waals surface area contributed by atoms with Crippen molar-refractivity contribution in [2.75, 3.05) is 32.8 Å². The average molecular weight is 284 g/mol. The fourth-order valence-electron chi connectivity index (χ4n) is 3.06. The van der Waals surface area contributed by atoms with Gasteiger partial charge in [0.1, 0.15) is 5.92 Å². The number of nitrogens with zero attached hydrogens (tertiary/aromatic N) is 1. The van der Waals surface area contributed by atoms with Crippen molar-refractivity contribution >= 4 is 11.9 Å². The monoisotopic (exact) mass is 284 g/mol. The molecule has 1 amide bonds. The number of aliphatic carboxylic acids is 1. The van der Waals surface area contributed by atoms with Crippen molar-refractivity contribution in [1.29, 1.82) is 0 Å². The molecule has 2 aliphatic heterocycles. The summed E-state index contributed by atoms with van der Waals surface area (Å²) in [5.41, 5.74) is 0. The topological polar surface area (TPSA) is 78.9 Å². The summed E-state index contributed by atoms with van der Waals surface area (Å²) in [6.45, 7) is 4.81. The first-order chi connectivity index (χ1) is 9.65. The molecule has 0 bridgehead atoms. The third-order valence-corrected chi connectivity index (χ3v) is 4.16. The van der Waals surface area contributed by atoms with Gasteiger partial charge >= 0.3 is 5.97 Å². The Bertz CT molecular complexity index is 355. The molecule has 2 aliphatic rings. The quantitative estimate of drug-likeness (QED) is 0.760. The summed E-state index contributed by atoms with van der Waals surface area (Å²) in [6.07, 6.45) is 2.71. The Morgan fingerprint density at radius 2 is 2.20 bits per heavy atom. The number of carboxylic acid groups (broad SMARTS) is 1. The molecule has 0 saturated carbocycles. The van der Waals surface area contributed by atoms with E-state index in [9.17, 15) is 14.7 Å². The minimum absolute atomic E-state index is 0.0228. The summed E-state index contributed by atoms with van der Waals surface area (Å²) >= 11 is 0. The number of amides is 1. The van der Waals surface area contributed by atoms with Crippen LogP contribution in [0.25, 0.3) is 0 Å². The molecular formula is C14H24N2O4. The Labute approximate surface area is 119 Å². The van der Waals surface area contributed by atoms with E-state index >= 15 is 0 Å². The number of nitrogens with one attached hydrogen (secondary N) is 1. The van der Waals surface area contributed by atoms with Gasteiger partial charge in [0.2, 0.25) is 5.91 Å². The van der Waals surface area contributed by atoms with Crippen LogP contribution in [0.4, 0.5) is 0 Å². The second-order valence-corrected chi connectivity index (χ2v) is 5.62. The number of ether oxygens (including phenoxy) is 1. The lowest BCUT2D eigenvalue weighted by Gasteiger charge is -2.34. The third-order valence-electron chi connectivity index (χ3n) is 4.16. The lowest BCUT2D eigenvalue weighted by Crippen LogP contribution is -2.51. The van der Waals surface area contributed by atoms with Crippen molar-refractivity contribution in [2.24, 2.45) is 11.8 Å². The smallest absolute Gasteiger partial charge is 0.311 e. The van der Waals surface area contributed by atoms with Gasteiger partial charge in [-0.3, -0.25) is 9.59 Å². The first kappa shape index (κ1) is 15.3. The van der Waals surface area contributed by atoms with Gasteiger partial charge in [0.25, 0.3) is 0 Å². The molecule has 2 heterocycles. The van der Waals surface area contributed by atoms with Gasteiger partial charge in [0, 0.05) is 13.1 Å². The SMILES string of the molecule is CCCN(C(=O)[C@H]1CCCNC1)C1COCC1C(=O)O. The molecule has 0 aromatic heterocycles. The number of carbonyl (C=O) groups is 2. The zero-order valence-electron chi connectivity index (χ0n) is 12.0. The van der Waals surface area contributed by atoms with Crippen molar-refractivity contribution in [3.05, 3.63) is 0 Å². The van der Waals surface area contributed by atoms with Gasteiger partial charge < -0.3 is 20.1 Å². The van der Waals surface area contributed by atoms with E-state index in [0.717, 1.165) is 25.8 Å². The molecule has 2 saturated heterocycles. The summed E-state index contributed by atoms with van der Waals surface area (Å²) in [4.78, 5) is 25.7. The van der Waals surface area contributed by atoms with Gasteiger partial charge in [-0.2, -0.15) is 0 Å². The summed E-state index contributed by atoms with van der Waals surface area (Å²) in [6, 6.07) is -0.318. The molecule has 6 heteroatoms. The van der Waals surface area contributed by atoms with E-state index in [0.29, 0.717) is 19.7 Å². The molecule has 0 radical (unpaired) electrons. The molecule has 114 valence electrons. The third kappa shape index (κ3) is 3.30. The van der Waals surface area contributed by atoms with E-state index in [-0.39, 0.29) is 24.5 Å². The number of carboxylic acids is 1. The van der Waals surface area contributed by atoms with Crippen molar-refractivity contribution < 1.29 is 19.4 Å². The molecule has 0 aromatic rings. The van der Waals surface area contributed by atoms with Crippen molar-refractivity contribution in [3.8, 4) is 0 Å². The predicted octanol–water partition coefficient (Wildman–Crippen LogP) is 0.324. The molecule has 2 rings (SSSR count). The van der Waals surface area contributed by atoms with E-state index in [1.54, 1.807) is 4.90 Å². The van der Waals surface area contributed by atoms with Crippen molar-refractivity contribution in [2.45, 2.75) is 32.2 Å². The highest BCUT2D eigenvalue weighted by Gasteiger charge is 2.41. The number of carbonyl (C=O) groups excluding carboxylic acids is 1. The van der Waals surface area contributed by atoms with Crippen molar-refractivity contribution in [3.63, 3.8) is 0 Å². The van der Waals surface area contributed by atoms with Gasteiger partial charge in [-0.05, 0) is 25.8 Å². The van der Waals surface area contributed by atoms with Gasteiger partial charge in [-0.1, -0.05) is 6.92 Å². The molecule has 0 aliphatic carbocycles. The van der Waals surface area contributed by atoms with Gasteiger partial charge in [0.05, 0.1) is 25.2 Å². The second-order valence-electron chi connectivity index (χ2n) is 5.62. The number of piperidine rings is 1. The normalized spacial score (nSPS) is 30.1. The standard InChI is InChI=1S/C14H24N2O4/c1-2-6-16(12-9-20-8-11(12)14(18)19)13(17)10-4-3-5-15-7-10/h10-12,15H,2-9H2,1H3,(H,18,19)/t10-,11?,12?/m0/s1. The molecule has 0 spiro atoms. The van der Waals surface area contributed by atoms with E-state index < -0.39 is 11.9 Å². The highest BCUT2D eigenvalue weighted by atomic mass is 16.5. The van der Waals surface area contributed by atoms with Crippen LogP contribution in [0.5, 0.6) is 0 Å². The zero-order valence-corrected chi connectivity index (χ0v) is 12.0. The van der Waals surface area contributed by atoms with Crippen LogP contribution >= 0.6 is 0 Å². The van der Waals surface area contributed by atoms with Crippen LogP contribution in [0.1, 0.15) is 26.2 Å². The summed E-state index contributed by atoms with van der Waals surface area (Å²) in [7, 11) is 0. The highest BCUT2D eigenvalue weighted by Crippen LogP contribution is 2.24. The van der Waals surface area contributed by atoms with Crippen LogP contribution in [-0.2, 0) is 14.3 Å². The van der Waals surface area contributed by atoms with Crippen LogP contribution in [0.2, 0.25) is 0 Å². The van der Waals surface area contributed by atoms with E-state index in [2.05, 4.69) is 5.32 Å². The van der Waals surface area contributed by atoms with E-state index in [4.69, 9.17) is 4.74 Å². The lowest BCUT2D eigenvalue weighted by molar-refractivity contribution is -0.146. The van der Waals surface area contributed by atoms with Gasteiger partial charge in [-0.15, -0.1) is 0 Å². The largest absolute Gasteiger partial charge is 0.481 e. The minimum Gasteiger partial charge on any atom is -0.481 e. The second kappa shape index (κ2) is 7.04. The predicted molar refractivity (Wildman–Crippen MR) is 73.3 cm³/mol. The molecular weight excluding hydrogens is 260 g/mol. The van der Waals surface area contributed by atoms with Gasteiger partial charge in [0.15, 0.2) is 0 Å². The fourth-order valence-corrected chi connectivity index (χ4v) is 3.06. The van der Waals surface area contributed by atoms with E-state index in [1.165, 1.54) is 0 Å². The van der Waals surface area contributed by atoms with Crippen LogP contribution in [0, 0.1) is 11.8 Å². The Kier molecular flexibility index (Phi) is 5.37. The summed E-state index contributed by atoms with van der Waals surface area (Å²) in [5.74, 6) is -1.41. The highest BCUT2D eigenvalue weighted by molar-refractivity contribution is 5.81. The maximum absolute atomic E-state index is 12.7. The van der Waals surface area contributed by atoms with Gasteiger partial charge in [-0.25, -0.2) is 0 Å². The Hall–Kier alpha value is -1.14. The maximum atomic E-state index is 12.7. The number of rotatable bonds is 5. The fraction of sp³-hybridized carbons (Fsp3) is 0.857. The first-order valence-electron chi connectivity index (χ1n) is 7.47. The molecule has 6 nitrogen and oxygen atoms in total. The maximum Gasteiger partial charge on any atom is 0.311 e. The first-order valence-corrected chi connectivity index (χ1v) is 7.47. The van der Waals surface area contributed by atoms with Crippen LogP contribution in [0.3, 0.4) is 0 Å². The molecule has 2 N–H and O–H groups in total. The van der Waals surface area contributed by atoms with Crippen LogP contribution in [0.15, 0.2) is 0 Å². The van der Waals surface area contributed by atoms with E-state index in [1.807, 2.05) is 6.92 Å². The number of hydrogen-bond acceptors (Lipinski definition) is 4. The number of hydrogen-bond donors (Lipinski definition) is 2. The molecule has 2 fully saturated rings. The molecule has 0 aromatic carbocycles.